The van der Waals surface area contributed by atoms with Crippen LogP contribution in [-0.4, -0.2) is 67.0 Å². The van der Waals surface area contributed by atoms with Gasteiger partial charge in [-0.1, -0.05) is 38.0 Å². The van der Waals surface area contributed by atoms with Gasteiger partial charge in [-0.3, -0.25) is 14.6 Å². The molecule has 0 unspecified atom stereocenters. The van der Waals surface area contributed by atoms with E-state index in [0.29, 0.717) is 19.3 Å². The normalized spacial score (nSPS) is 39.9. The number of hydrogen-bond donors (Lipinski definition) is 3. The predicted molar refractivity (Wildman–Crippen MR) is 162 cm³/mol. The Morgan fingerprint density at radius 2 is 1.73 bits per heavy atom. The zero-order valence-corrected chi connectivity index (χ0v) is 26.8. The van der Waals surface area contributed by atoms with Gasteiger partial charge in [0.05, 0.1) is 11.8 Å². The van der Waals surface area contributed by atoms with Crippen LogP contribution in [0.1, 0.15) is 92.1 Å². The molecule has 5 rings (SSSR count). The Bertz CT molecular complexity index is 1390. The van der Waals surface area contributed by atoms with Crippen molar-refractivity contribution in [3.63, 3.8) is 0 Å². The van der Waals surface area contributed by atoms with Crippen LogP contribution in [0, 0.1) is 22.7 Å². The van der Waals surface area contributed by atoms with Crippen LogP contribution in [0.15, 0.2) is 47.8 Å². The van der Waals surface area contributed by atoms with Crippen LogP contribution in [0.3, 0.4) is 0 Å². The number of nitrogens with zero attached hydrogens (tertiary/aromatic N) is 1. The van der Waals surface area contributed by atoms with Gasteiger partial charge in [-0.05, 0) is 88.3 Å². The second-order valence-electron chi connectivity index (χ2n) is 14.4. The number of aliphatic hydroxyl groups is 3. The lowest BCUT2D eigenvalue weighted by molar-refractivity contribution is -0.314. The smallest absolute Gasteiger partial charge is 0.330 e. The van der Waals surface area contributed by atoms with Gasteiger partial charge in [-0.25, -0.2) is 4.79 Å². The molecule has 1 aromatic heterocycles. The fraction of sp³-hybridized carbons (Fsp3) is 0.657. The van der Waals surface area contributed by atoms with Crippen molar-refractivity contribution in [2.75, 3.05) is 0 Å². The summed E-state index contributed by atoms with van der Waals surface area (Å²) in [7, 11) is 0. The van der Waals surface area contributed by atoms with Crippen LogP contribution in [0.25, 0.3) is 0 Å². The highest BCUT2D eigenvalue weighted by Gasteiger charge is 2.81. The molecule has 3 N–H and O–H groups in total. The zero-order chi connectivity index (χ0) is 32.3. The number of rotatable bonds is 7. The molecule has 9 nitrogen and oxygen atoms in total. The van der Waals surface area contributed by atoms with Gasteiger partial charge in [-0.15, -0.1) is 0 Å². The predicted octanol–water partition coefficient (Wildman–Crippen LogP) is 4.17. The van der Waals surface area contributed by atoms with E-state index in [-0.39, 0.29) is 50.1 Å². The molecule has 3 saturated carbocycles. The number of Topliss-reactive ketones (excluding diaryl/α,β-unsaturated/α-hetero) is 1. The maximum absolute atomic E-state index is 13.2. The molecule has 0 spiro atoms. The van der Waals surface area contributed by atoms with Gasteiger partial charge >= 0.3 is 11.9 Å². The van der Waals surface area contributed by atoms with Crippen LogP contribution >= 0.6 is 0 Å². The minimum atomic E-state index is -1.99. The number of esters is 2. The van der Waals surface area contributed by atoms with E-state index < -0.39 is 51.4 Å². The van der Waals surface area contributed by atoms with Gasteiger partial charge in [0.15, 0.2) is 5.78 Å². The van der Waals surface area contributed by atoms with Crippen LogP contribution in [0.2, 0.25) is 0 Å². The molecule has 0 aromatic carbocycles. The Kier molecular flexibility index (Phi) is 8.26. The van der Waals surface area contributed by atoms with Crippen molar-refractivity contribution >= 4 is 17.7 Å². The lowest BCUT2D eigenvalue weighted by atomic mass is 9.42. The number of allylic oxidation sites excluding steroid dienone is 1. The summed E-state index contributed by atoms with van der Waals surface area (Å²) in [6.45, 7) is 10.7. The van der Waals surface area contributed by atoms with E-state index in [2.05, 4.69) is 11.9 Å². The van der Waals surface area contributed by atoms with E-state index in [4.69, 9.17) is 9.47 Å². The first-order valence-corrected chi connectivity index (χ1v) is 15.9. The van der Waals surface area contributed by atoms with Gasteiger partial charge in [0, 0.05) is 30.8 Å². The monoisotopic (exact) mass is 609 g/mol. The van der Waals surface area contributed by atoms with Crippen molar-refractivity contribution in [1.82, 2.24) is 4.98 Å². The molecule has 0 amide bonds. The van der Waals surface area contributed by atoms with Gasteiger partial charge < -0.3 is 24.8 Å². The molecule has 0 radical (unpaired) electrons. The molecule has 8 atom stereocenters. The summed E-state index contributed by atoms with van der Waals surface area (Å²) < 4.78 is 12.0. The molecule has 4 aliphatic carbocycles. The highest BCUT2D eigenvalue weighted by atomic mass is 16.6. The SMILES string of the molecule is CC(=O)[C@]1(O)CC[C@@]2(O)[C@]1(C)[C@H](OC(=O)/C=C(\C)C(C)C)C[C@@H]1[C@@]3(C)CC[C@H](OC(=O)Cc4ccncc4)CC3=CC[C@]12O. The summed E-state index contributed by atoms with van der Waals surface area (Å²) in [5.41, 5.74) is -5.14. The van der Waals surface area contributed by atoms with E-state index in [0.717, 1.165) is 16.7 Å². The fourth-order valence-corrected chi connectivity index (χ4v) is 8.88. The number of fused-ring (bicyclic) bond motifs is 5. The Morgan fingerprint density at radius 1 is 1.05 bits per heavy atom. The van der Waals surface area contributed by atoms with Gasteiger partial charge in [-0.2, -0.15) is 0 Å². The average molecular weight is 610 g/mol. The van der Waals surface area contributed by atoms with E-state index >= 15 is 0 Å². The lowest BCUT2D eigenvalue weighted by Crippen LogP contribution is -2.78. The van der Waals surface area contributed by atoms with Crippen molar-refractivity contribution in [1.29, 1.82) is 0 Å². The topological polar surface area (TPSA) is 143 Å². The largest absolute Gasteiger partial charge is 0.462 e. The van der Waals surface area contributed by atoms with Crippen LogP contribution in [0.5, 0.6) is 0 Å². The summed E-state index contributed by atoms with van der Waals surface area (Å²) in [4.78, 5) is 43.0. The van der Waals surface area contributed by atoms with Crippen LogP contribution in [-0.2, 0) is 30.3 Å². The van der Waals surface area contributed by atoms with Gasteiger partial charge in [0.1, 0.15) is 29.0 Å². The summed E-state index contributed by atoms with van der Waals surface area (Å²) in [6.07, 6.45) is 7.28. The van der Waals surface area contributed by atoms with Crippen LogP contribution < -0.4 is 0 Å². The molecule has 0 aliphatic heterocycles. The highest BCUT2D eigenvalue weighted by Crippen LogP contribution is 2.71. The minimum Gasteiger partial charge on any atom is -0.462 e. The second kappa shape index (κ2) is 11.2. The molecule has 44 heavy (non-hydrogen) atoms. The van der Waals surface area contributed by atoms with Crippen molar-refractivity contribution < 1.29 is 39.2 Å². The molecule has 4 aliphatic rings. The Balaban J connectivity index is 1.47. The maximum atomic E-state index is 13.2. The number of pyridine rings is 1. The first kappa shape index (κ1) is 32.5. The molecule has 1 aromatic rings. The average Bonchev–Trinajstić information content (AvgIpc) is 3.19. The molecular weight excluding hydrogens is 562 g/mol. The van der Waals surface area contributed by atoms with E-state index in [1.807, 2.05) is 26.8 Å². The minimum absolute atomic E-state index is 0.0179. The Labute approximate surface area is 259 Å². The number of carbonyl (C=O) groups is 3. The molecule has 3 fully saturated rings. The third-order valence-corrected chi connectivity index (χ3v) is 12.0. The number of aromatic nitrogens is 1. The molecule has 240 valence electrons. The standard InChI is InChI=1S/C35H47NO8/c1-21(2)22(3)17-29(38)44-28-20-27-31(5)11-8-26(43-30(39)18-24-9-15-36-16-10-24)19-25(31)7-12-34(27,41)35(42)14-13-33(40,23(4)37)32(28,35)6/h7,9-10,15-17,21,26-28,40-42H,8,11-14,18-20H2,1-6H3/b22-17+/t26-,27+,28+,31-,32+,33+,34-,35+/m0/s1. The molecule has 1 heterocycles. The summed E-state index contributed by atoms with van der Waals surface area (Å²) in [6, 6.07) is 3.56. The van der Waals surface area contributed by atoms with Gasteiger partial charge in [0.2, 0.25) is 0 Å². The highest BCUT2D eigenvalue weighted by molar-refractivity contribution is 5.87. The Morgan fingerprint density at radius 3 is 2.36 bits per heavy atom. The number of ketones is 1. The molecule has 0 saturated heterocycles. The van der Waals surface area contributed by atoms with E-state index in [1.54, 1.807) is 31.5 Å². The first-order chi connectivity index (χ1) is 20.5. The third-order valence-electron chi connectivity index (χ3n) is 12.0. The Hall–Kier alpha value is -2.88. The second-order valence-corrected chi connectivity index (χ2v) is 14.4. The zero-order valence-electron chi connectivity index (χ0n) is 26.8. The van der Waals surface area contributed by atoms with Crippen molar-refractivity contribution in [3.8, 4) is 0 Å². The van der Waals surface area contributed by atoms with E-state index in [1.165, 1.54) is 13.0 Å². The quantitative estimate of drug-likeness (QED) is 0.236. The molecule has 0 bridgehead atoms. The summed E-state index contributed by atoms with van der Waals surface area (Å²) in [5.74, 6) is -1.86. The lowest BCUT2D eigenvalue weighted by Gasteiger charge is -2.67. The summed E-state index contributed by atoms with van der Waals surface area (Å²) >= 11 is 0. The van der Waals surface area contributed by atoms with Gasteiger partial charge in [0.25, 0.3) is 0 Å². The van der Waals surface area contributed by atoms with Crippen molar-refractivity contribution in [2.45, 2.75) is 122 Å². The fourth-order valence-electron chi connectivity index (χ4n) is 8.88. The van der Waals surface area contributed by atoms with Crippen molar-refractivity contribution in [3.05, 3.63) is 53.4 Å². The third kappa shape index (κ3) is 4.77. The van der Waals surface area contributed by atoms with E-state index in [9.17, 15) is 29.7 Å². The number of ether oxygens (including phenoxy) is 2. The molecular formula is C35H47NO8. The van der Waals surface area contributed by atoms with Crippen LogP contribution in [0.4, 0.5) is 0 Å². The van der Waals surface area contributed by atoms with Crippen molar-refractivity contribution in [2.24, 2.45) is 22.7 Å². The first-order valence-electron chi connectivity index (χ1n) is 15.9. The maximum Gasteiger partial charge on any atom is 0.330 e. The number of hydrogen-bond acceptors (Lipinski definition) is 9. The molecule has 9 heteroatoms. The summed E-state index contributed by atoms with van der Waals surface area (Å²) in [5, 5.41) is 37.1. The number of carbonyl (C=O) groups excluding carboxylic acids is 3.